The van der Waals surface area contributed by atoms with Crippen LogP contribution in [0.3, 0.4) is 0 Å². The minimum Gasteiger partial charge on any atom is -0.487 e. The van der Waals surface area contributed by atoms with Gasteiger partial charge in [-0.1, -0.05) is 18.2 Å². The van der Waals surface area contributed by atoms with Crippen LogP contribution in [0.2, 0.25) is 0 Å². The number of imidazole rings is 1. The largest absolute Gasteiger partial charge is 0.487 e. The van der Waals surface area contributed by atoms with Gasteiger partial charge in [-0.05, 0) is 42.5 Å². The summed E-state index contributed by atoms with van der Waals surface area (Å²) in [5.74, 6) is -0.146. The molecule has 2 aromatic carbocycles. The number of rotatable bonds is 5. The maximum atomic E-state index is 12.8. The monoisotopic (exact) mass is 411 g/mol. The van der Waals surface area contributed by atoms with E-state index in [1.165, 1.54) is 12.1 Å². The standard InChI is InChI=1S/C22H16F3N3O2/c23-22(24,25)16-6-3-5-15(11-16)21(29)27-17-7-4-8-19(12-17)30-14-18-13-28-10-2-1-9-20(28)26-18/h1-13H,14H2,(H,27,29). The van der Waals surface area contributed by atoms with Crippen LogP contribution in [0.25, 0.3) is 5.65 Å². The van der Waals surface area contributed by atoms with E-state index in [-0.39, 0.29) is 12.2 Å². The summed E-state index contributed by atoms with van der Waals surface area (Å²) in [6, 6.07) is 16.6. The van der Waals surface area contributed by atoms with Gasteiger partial charge in [-0.15, -0.1) is 0 Å². The Kier molecular flexibility index (Phi) is 5.14. The molecule has 4 rings (SSSR count). The van der Waals surface area contributed by atoms with Gasteiger partial charge in [0.2, 0.25) is 0 Å². The zero-order valence-corrected chi connectivity index (χ0v) is 15.6. The molecule has 0 saturated heterocycles. The van der Waals surface area contributed by atoms with Crippen molar-refractivity contribution in [3.05, 3.63) is 95.9 Å². The number of anilines is 1. The highest BCUT2D eigenvalue weighted by Gasteiger charge is 2.30. The van der Waals surface area contributed by atoms with Crippen molar-refractivity contribution in [3.8, 4) is 5.75 Å². The lowest BCUT2D eigenvalue weighted by Gasteiger charge is -2.10. The van der Waals surface area contributed by atoms with Gasteiger partial charge in [0, 0.05) is 29.7 Å². The van der Waals surface area contributed by atoms with Crippen molar-refractivity contribution in [2.24, 2.45) is 0 Å². The lowest BCUT2D eigenvalue weighted by atomic mass is 10.1. The first kappa shape index (κ1) is 19.5. The number of amides is 1. The molecule has 0 unspecified atom stereocenters. The Morgan fingerprint density at radius 3 is 2.67 bits per heavy atom. The normalized spacial score (nSPS) is 11.4. The van der Waals surface area contributed by atoms with Crippen LogP contribution in [0.1, 0.15) is 21.6 Å². The van der Waals surface area contributed by atoms with E-state index in [4.69, 9.17) is 4.74 Å². The van der Waals surface area contributed by atoms with Gasteiger partial charge in [-0.3, -0.25) is 4.79 Å². The number of halogens is 3. The Morgan fingerprint density at radius 2 is 1.87 bits per heavy atom. The number of fused-ring (bicyclic) bond motifs is 1. The molecule has 30 heavy (non-hydrogen) atoms. The average Bonchev–Trinajstić information content (AvgIpc) is 3.15. The zero-order valence-electron chi connectivity index (χ0n) is 15.6. The maximum Gasteiger partial charge on any atom is 0.416 e. The van der Waals surface area contributed by atoms with Crippen LogP contribution in [-0.4, -0.2) is 15.3 Å². The first-order valence-corrected chi connectivity index (χ1v) is 9.02. The number of nitrogens with one attached hydrogen (secondary N) is 1. The molecule has 0 aliphatic rings. The highest BCUT2D eigenvalue weighted by Crippen LogP contribution is 2.29. The minimum atomic E-state index is -4.51. The fourth-order valence-electron chi connectivity index (χ4n) is 2.92. The number of carbonyl (C=O) groups is 1. The van der Waals surface area contributed by atoms with Gasteiger partial charge < -0.3 is 14.5 Å². The molecule has 1 N–H and O–H groups in total. The summed E-state index contributed by atoms with van der Waals surface area (Å²) in [4.78, 5) is 16.8. The third-order valence-electron chi connectivity index (χ3n) is 4.34. The molecule has 0 spiro atoms. The van der Waals surface area contributed by atoms with Crippen molar-refractivity contribution in [1.29, 1.82) is 0 Å². The number of hydrogen-bond acceptors (Lipinski definition) is 3. The van der Waals surface area contributed by atoms with Crippen LogP contribution < -0.4 is 10.1 Å². The predicted molar refractivity (Wildman–Crippen MR) is 105 cm³/mol. The first-order valence-electron chi connectivity index (χ1n) is 9.02. The summed E-state index contributed by atoms with van der Waals surface area (Å²) in [7, 11) is 0. The Bertz CT molecular complexity index is 1170. The van der Waals surface area contributed by atoms with Crippen molar-refractivity contribution in [2.45, 2.75) is 12.8 Å². The number of pyridine rings is 1. The zero-order chi connectivity index (χ0) is 21.1. The molecule has 2 heterocycles. The average molecular weight is 411 g/mol. The Labute approximate surface area is 169 Å². The lowest BCUT2D eigenvalue weighted by Crippen LogP contribution is -2.14. The van der Waals surface area contributed by atoms with Gasteiger partial charge in [-0.25, -0.2) is 4.98 Å². The highest BCUT2D eigenvalue weighted by molar-refractivity contribution is 6.04. The second-order valence-electron chi connectivity index (χ2n) is 6.55. The van der Waals surface area contributed by atoms with Crippen molar-refractivity contribution < 1.29 is 22.7 Å². The van der Waals surface area contributed by atoms with Crippen molar-refractivity contribution >= 4 is 17.2 Å². The summed E-state index contributed by atoms with van der Waals surface area (Å²) in [5, 5.41) is 2.59. The molecule has 0 atom stereocenters. The van der Waals surface area contributed by atoms with E-state index in [1.54, 1.807) is 24.3 Å². The molecular formula is C22H16F3N3O2. The molecule has 1 amide bonds. The van der Waals surface area contributed by atoms with Gasteiger partial charge in [0.1, 0.15) is 18.0 Å². The van der Waals surface area contributed by atoms with E-state index in [0.717, 1.165) is 23.5 Å². The second-order valence-corrected chi connectivity index (χ2v) is 6.55. The quantitative estimate of drug-likeness (QED) is 0.492. The molecule has 0 aliphatic heterocycles. The molecule has 5 nitrogen and oxygen atoms in total. The number of carbonyl (C=O) groups excluding carboxylic acids is 1. The molecule has 8 heteroatoms. The molecule has 0 aliphatic carbocycles. The van der Waals surface area contributed by atoms with Crippen LogP contribution >= 0.6 is 0 Å². The molecule has 152 valence electrons. The molecule has 0 radical (unpaired) electrons. The minimum absolute atomic E-state index is 0.0825. The van der Waals surface area contributed by atoms with Gasteiger partial charge in [0.25, 0.3) is 5.91 Å². The van der Waals surface area contributed by atoms with Crippen molar-refractivity contribution in [1.82, 2.24) is 9.38 Å². The van der Waals surface area contributed by atoms with Crippen LogP contribution in [0, 0.1) is 0 Å². The second kappa shape index (κ2) is 7.90. The van der Waals surface area contributed by atoms with E-state index >= 15 is 0 Å². The van der Waals surface area contributed by atoms with Gasteiger partial charge in [0.05, 0.1) is 11.3 Å². The van der Waals surface area contributed by atoms with E-state index in [2.05, 4.69) is 10.3 Å². The van der Waals surface area contributed by atoms with Crippen LogP contribution in [0.4, 0.5) is 18.9 Å². The molecule has 0 bridgehead atoms. The SMILES string of the molecule is O=C(Nc1cccc(OCc2cn3ccccc3n2)c1)c1cccc(C(F)(F)F)c1. The van der Waals surface area contributed by atoms with E-state index in [0.29, 0.717) is 11.4 Å². The Hall–Kier alpha value is -3.81. The Balaban J connectivity index is 1.43. The number of nitrogens with zero attached hydrogens (tertiary/aromatic N) is 2. The Morgan fingerprint density at radius 1 is 1.03 bits per heavy atom. The van der Waals surface area contributed by atoms with Gasteiger partial charge >= 0.3 is 6.18 Å². The van der Waals surface area contributed by atoms with Crippen molar-refractivity contribution in [2.75, 3.05) is 5.32 Å². The number of ether oxygens (including phenoxy) is 1. The van der Waals surface area contributed by atoms with Gasteiger partial charge in [-0.2, -0.15) is 13.2 Å². The number of benzene rings is 2. The topological polar surface area (TPSA) is 55.6 Å². The fraction of sp³-hybridized carbons (Fsp3) is 0.0909. The first-order chi connectivity index (χ1) is 14.4. The molecular weight excluding hydrogens is 395 g/mol. The molecule has 2 aromatic heterocycles. The smallest absolute Gasteiger partial charge is 0.416 e. The van der Waals surface area contributed by atoms with Crippen LogP contribution in [0.5, 0.6) is 5.75 Å². The summed E-state index contributed by atoms with van der Waals surface area (Å²) in [6.07, 6.45) is -0.771. The fourth-order valence-corrected chi connectivity index (χ4v) is 2.92. The summed E-state index contributed by atoms with van der Waals surface area (Å²) in [6.45, 7) is 0.229. The van der Waals surface area contributed by atoms with Crippen molar-refractivity contribution in [3.63, 3.8) is 0 Å². The molecule has 0 saturated carbocycles. The maximum absolute atomic E-state index is 12.8. The predicted octanol–water partition coefficient (Wildman–Crippen LogP) is 5.18. The third-order valence-corrected chi connectivity index (χ3v) is 4.34. The summed E-state index contributed by atoms with van der Waals surface area (Å²) in [5.41, 5.74) is 0.989. The number of aromatic nitrogens is 2. The van der Waals surface area contributed by atoms with E-state index < -0.39 is 17.6 Å². The van der Waals surface area contributed by atoms with Gasteiger partial charge in [0.15, 0.2) is 0 Å². The van der Waals surface area contributed by atoms with E-state index in [1.807, 2.05) is 35.0 Å². The molecule has 0 fully saturated rings. The summed E-state index contributed by atoms with van der Waals surface area (Å²) >= 11 is 0. The van der Waals surface area contributed by atoms with E-state index in [9.17, 15) is 18.0 Å². The number of hydrogen-bond donors (Lipinski definition) is 1. The van der Waals surface area contributed by atoms with Crippen LogP contribution in [0.15, 0.2) is 79.1 Å². The molecule has 4 aromatic rings. The third kappa shape index (κ3) is 4.43. The lowest BCUT2D eigenvalue weighted by molar-refractivity contribution is -0.137. The highest BCUT2D eigenvalue weighted by atomic mass is 19.4. The van der Waals surface area contributed by atoms with Crippen LogP contribution in [-0.2, 0) is 12.8 Å². The number of alkyl halides is 3. The summed E-state index contributed by atoms with van der Waals surface area (Å²) < 4.78 is 46.2.